The molecule has 0 heterocycles. The van der Waals surface area contributed by atoms with E-state index in [2.05, 4.69) is 13.2 Å². The highest BCUT2D eigenvalue weighted by Gasteiger charge is 2.16. The van der Waals surface area contributed by atoms with E-state index in [9.17, 15) is 9.90 Å². The third-order valence-electron chi connectivity index (χ3n) is 3.02. The minimum Gasteiger partial charge on any atom is -0.466 e. The number of esters is 1. The molecular formula is C18H22O3. The van der Waals surface area contributed by atoms with E-state index in [1.807, 2.05) is 36.4 Å². The van der Waals surface area contributed by atoms with Crippen LogP contribution in [0, 0.1) is 0 Å². The SMILES string of the molecule is C=CC/C=C(\c1ccccc1)C(O)C(=C)CCOC(C)=O. The number of rotatable bonds is 8. The second-order valence-corrected chi connectivity index (χ2v) is 4.70. The molecule has 112 valence electrons. The molecule has 0 amide bonds. The first-order valence-corrected chi connectivity index (χ1v) is 6.91. The topological polar surface area (TPSA) is 46.5 Å². The quantitative estimate of drug-likeness (QED) is 0.587. The minimum absolute atomic E-state index is 0.231. The van der Waals surface area contributed by atoms with E-state index in [1.165, 1.54) is 6.92 Å². The molecule has 1 N–H and O–H groups in total. The Morgan fingerprint density at radius 1 is 1.38 bits per heavy atom. The summed E-state index contributed by atoms with van der Waals surface area (Å²) in [6.45, 7) is 9.18. The van der Waals surface area contributed by atoms with E-state index in [0.717, 1.165) is 11.1 Å². The molecule has 0 spiro atoms. The van der Waals surface area contributed by atoms with Gasteiger partial charge >= 0.3 is 5.97 Å². The first-order valence-electron chi connectivity index (χ1n) is 6.91. The average Bonchev–Trinajstić information content (AvgIpc) is 2.48. The number of benzene rings is 1. The van der Waals surface area contributed by atoms with Crippen LogP contribution in [0.4, 0.5) is 0 Å². The molecule has 0 saturated carbocycles. The van der Waals surface area contributed by atoms with Gasteiger partial charge in [-0.1, -0.05) is 49.1 Å². The predicted octanol–water partition coefficient (Wildman–Crippen LogP) is 3.52. The van der Waals surface area contributed by atoms with E-state index < -0.39 is 6.10 Å². The summed E-state index contributed by atoms with van der Waals surface area (Å²) in [5.74, 6) is -0.331. The fourth-order valence-electron chi connectivity index (χ4n) is 1.91. The zero-order valence-corrected chi connectivity index (χ0v) is 12.4. The molecule has 0 fully saturated rings. The molecule has 1 atom stereocenters. The van der Waals surface area contributed by atoms with Gasteiger partial charge in [0.15, 0.2) is 0 Å². The number of hydrogen-bond donors (Lipinski definition) is 1. The molecule has 1 aromatic carbocycles. The van der Waals surface area contributed by atoms with Crippen LogP contribution in [-0.2, 0) is 9.53 Å². The fourth-order valence-corrected chi connectivity index (χ4v) is 1.91. The van der Waals surface area contributed by atoms with Gasteiger partial charge in [-0.2, -0.15) is 0 Å². The molecule has 3 heteroatoms. The van der Waals surface area contributed by atoms with Gasteiger partial charge < -0.3 is 9.84 Å². The highest BCUT2D eigenvalue weighted by Crippen LogP contribution is 2.24. The number of aliphatic hydroxyl groups excluding tert-OH is 1. The van der Waals surface area contributed by atoms with Crippen molar-refractivity contribution in [1.82, 2.24) is 0 Å². The van der Waals surface area contributed by atoms with Crippen LogP contribution in [0.25, 0.3) is 5.57 Å². The Kier molecular flexibility index (Phi) is 7.19. The number of hydrogen-bond acceptors (Lipinski definition) is 3. The van der Waals surface area contributed by atoms with Gasteiger partial charge in [0.25, 0.3) is 0 Å². The molecule has 21 heavy (non-hydrogen) atoms. The van der Waals surface area contributed by atoms with E-state index >= 15 is 0 Å². The largest absolute Gasteiger partial charge is 0.466 e. The smallest absolute Gasteiger partial charge is 0.302 e. The van der Waals surface area contributed by atoms with Gasteiger partial charge in [-0.25, -0.2) is 0 Å². The Morgan fingerprint density at radius 3 is 2.62 bits per heavy atom. The van der Waals surface area contributed by atoms with Crippen LogP contribution in [0.2, 0.25) is 0 Å². The molecule has 1 unspecified atom stereocenters. The maximum absolute atomic E-state index is 10.8. The van der Waals surface area contributed by atoms with Crippen LogP contribution in [0.15, 0.2) is 61.2 Å². The lowest BCUT2D eigenvalue weighted by atomic mass is 9.93. The molecule has 0 aliphatic rings. The monoisotopic (exact) mass is 286 g/mol. The van der Waals surface area contributed by atoms with Crippen molar-refractivity contribution in [2.45, 2.75) is 25.9 Å². The van der Waals surface area contributed by atoms with Gasteiger partial charge in [-0.3, -0.25) is 4.79 Å². The molecular weight excluding hydrogens is 264 g/mol. The Morgan fingerprint density at radius 2 is 2.05 bits per heavy atom. The summed E-state index contributed by atoms with van der Waals surface area (Å²) in [4.78, 5) is 10.8. The molecule has 1 aromatic rings. The van der Waals surface area contributed by atoms with Crippen molar-refractivity contribution in [2.24, 2.45) is 0 Å². The van der Waals surface area contributed by atoms with Gasteiger partial charge in [0.2, 0.25) is 0 Å². The second-order valence-electron chi connectivity index (χ2n) is 4.70. The Hall–Kier alpha value is -2.13. The van der Waals surface area contributed by atoms with E-state index in [0.29, 0.717) is 18.4 Å². The second kappa shape index (κ2) is 8.93. The first-order chi connectivity index (χ1) is 10.1. The number of carbonyl (C=O) groups is 1. The van der Waals surface area contributed by atoms with Gasteiger partial charge in [-0.15, -0.1) is 6.58 Å². The van der Waals surface area contributed by atoms with E-state index in [-0.39, 0.29) is 12.6 Å². The standard InChI is InChI=1S/C18H22O3/c1-4-5-11-17(16-9-7-6-8-10-16)18(20)14(2)12-13-21-15(3)19/h4,6-11,18,20H,1-2,5,12-13H2,3H3/b17-11+. The number of carbonyl (C=O) groups excluding carboxylic acids is 1. The summed E-state index contributed by atoms with van der Waals surface area (Å²) < 4.78 is 4.88. The first kappa shape index (κ1) is 16.9. The van der Waals surface area contributed by atoms with Crippen LogP contribution in [-0.4, -0.2) is 23.8 Å². The highest BCUT2D eigenvalue weighted by atomic mass is 16.5. The lowest BCUT2D eigenvalue weighted by Gasteiger charge is -2.18. The normalized spacial score (nSPS) is 12.6. The molecule has 0 aromatic heterocycles. The third-order valence-corrected chi connectivity index (χ3v) is 3.02. The van der Waals surface area contributed by atoms with Gasteiger partial charge in [-0.05, 0) is 23.1 Å². The zero-order chi connectivity index (χ0) is 15.7. The van der Waals surface area contributed by atoms with Crippen LogP contribution >= 0.6 is 0 Å². The molecule has 0 aliphatic carbocycles. The highest BCUT2D eigenvalue weighted by molar-refractivity contribution is 5.71. The molecule has 0 saturated heterocycles. The van der Waals surface area contributed by atoms with Crippen LogP contribution in [0.5, 0.6) is 0 Å². The summed E-state index contributed by atoms with van der Waals surface area (Å²) in [5.41, 5.74) is 2.36. The fraction of sp³-hybridized carbons (Fsp3) is 0.278. The molecule has 3 nitrogen and oxygen atoms in total. The van der Waals surface area contributed by atoms with Crippen LogP contribution in [0.3, 0.4) is 0 Å². The van der Waals surface area contributed by atoms with Gasteiger partial charge in [0.05, 0.1) is 6.61 Å². The summed E-state index contributed by atoms with van der Waals surface area (Å²) >= 11 is 0. The van der Waals surface area contributed by atoms with Crippen molar-refractivity contribution in [3.8, 4) is 0 Å². The van der Waals surface area contributed by atoms with Gasteiger partial charge in [0, 0.05) is 13.3 Å². The van der Waals surface area contributed by atoms with Crippen molar-refractivity contribution in [2.75, 3.05) is 6.61 Å². The van der Waals surface area contributed by atoms with Crippen LogP contribution in [0.1, 0.15) is 25.3 Å². The van der Waals surface area contributed by atoms with Gasteiger partial charge in [0.1, 0.15) is 6.10 Å². The van der Waals surface area contributed by atoms with Crippen molar-refractivity contribution in [3.63, 3.8) is 0 Å². The predicted molar refractivity (Wildman–Crippen MR) is 85.6 cm³/mol. The minimum atomic E-state index is -0.789. The Bertz CT molecular complexity index is 515. The lowest BCUT2D eigenvalue weighted by Crippen LogP contribution is -2.14. The van der Waals surface area contributed by atoms with Crippen molar-refractivity contribution in [1.29, 1.82) is 0 Å². The average molecular weight is 286 g/mol. The molecule has 0 bridgehead atoms. The van der Waals surface area contributed by atoms with Crippen molar-refractivity contribution in [3.05, 3.63) is 66.8 Å². The Balaban J connectivity index is 2.81. The third kappa shape index (κ3) is 5.79. The summed E-state index contributed by atoms with van der Waals surface area (Å²) in [5, 5.41) is 10.5. The van der Waals surface area contributed by atoms with E-state index in [1.54, 1.807) is 6.08 Å². The van der Waals surface area contributed by atoms with Crippen LogP contribution < -0.4 is 0 Å². The molecule has 1 rings (SSSR count). The summed E-state index contributed by atoms with van der Waals surface area (Å²) in [7, 11) is 0. The summed E-state index contributed by atoms with van der Waals surface area (Å²) in [6, 6.07) is 9.66. The summed E-state index contributed by atoms with van der Waals surface area (Å²) in [6.07, 6.45) is 4.02. The van der Waals surface area contributed by atoms with Crippen molar-refractivity contribution >= 4 is 11.5 Å². The number of allylic oxidation sites excluding steroid dienone is 2. The zero-order valence-electron chi connectivity index (χ0n) is 12.4. The maximum atomic E-state index is 10.8. The lowest BCUT2D eigenvalue weighted by molar-refractivity contribution is -0.140. The maximum Gasteiger partial charge on any atom is 0.302 e. The molecule has 0 aliphatic heterocycles. The molecule has 0 radical (unpaired) electrons. The van der Waals surface area contributed by atoms with E-state index in [4.69, 9.17) is 4.74 Å². The number of ether oxygens (including phenoxy) is 1. The Labute approximate surface area is 126 Å². The number of aliphatic hydroxyl groups is 1. The van der Waals surface area contributed by atoms with Crippen molar-refractivity contribution < 1.29 is 14.6 Å².